The zero-order valence-corrected chi connectivity index (χ0v) is 12.9. The molecule has 0 bridgehead atoms. The summed E-state index contributed by atoms with van der Waals surface area (Å²) >= 11 is 7.02. The maximum Gasteiger partial charge on any atom is 0.352 e. The van der Waals surface area contributed by atoms with Crippen LogP contribution in [0.4, 0.5) is 17.2 Å². The van der Waals surface area contributed by atoms with Crippen molar-refractivity contribution in [1.29, 1.82) is 0 Å². The standard InChI is InChI=1S/C13H12ClN3O3S/c1-3-20-13(18)11-12(15-7-21-11)17(2)10-5-4-8(14)6-9(10)16-19/h4-7H,3H2,1-2H3. The van der Waals surface area contributed by atoms with Crippen molar-refractivity contribution in [3.63, 3.8) is 0 Å². The molecule has 1 heterocycles. The van der Waals surface area contributed by atoms with E-state index in [2.05, 4.69) is 10.2 Å². The Morgan fingerprint density at radius 1 is 1.52 bits per heavy atom. The van der Waals surface area contributed by atoms with Crippen molar-refractivity contribution in [2.45, 2.75) is 6.92 Å². The first-order valence-corrected chi connectivity index (χ1v) is 7.31. The SMILES string of the molecule is CCOC(=O)c1scnc1N(C)c1ccc(Cl)cc1N=O. The molecule has 6 nitrogen and oxygen atoms in total. The van der Waals surface area contributed by atoms with Gasteiger partial charge in [0.2, 0.25) is 0 Å². The minimum atomic E-state index is -0.448. The molecule has 1 aromatic heterocycles. The Kier molecular flexibility index (Phi) is 4.87. The van der Waals surface area contributed by atoms with E-state index in [0.29, 0.717) is 21.4 Å². The zero-order chi connectivity index (χ0) is 15.4. The van der Waals surface area contributed by atoms with Gasteiger partial charge in [0.25, 0.3) is 0 Å². The lowest BCUT2D eigenvalue weighted by molar-refractivity contribution is 0.0532. The van der Waals surface area contributed by atoms with Crippen LogP contribution in [0.3, 0.4) is 0 Å². The topological polar surface area (TPSA) is 71.9 Å². The van der Waals surface area contributed by atoms with Crippen LogP contribution in [0.2, 0.25) is 5.02 Å². The summed E-state index contributed by atoms with van der Waals surface area (Å²) < 4.78 is 4.99. The second-order valence-corrected chi connectivity index (χ2v) is 5.30. The molecule has 0 saturated carbocycles. The van der Waals surface area contributed by atoms with E-state index < -0.39 is 5.97 Å². The molecule has 0 N–H and O–H groups in total. The van der Waals surface area contributed by atoms with Crippen molar-refractivity contribution in [2.24, 2.45) is 5.18 Å². The van der Waals surface area contributed by atoms with E-state index in [0.717, 1.165) is 0 Å². The predicted molar refractivity (Wildman–Crippen MR) is 83.0 cm³/mol. The number of benzene rings is 1. The third kappa shape index (κ3) is 3.20. The van der Waals surface area contributed by atoms with Gasteiger partial charge >= 0.3 is 5.97 Å². The second kappa shape index (κ2) is 6.64. The number of rotatable bonds is 5. The van der Waals surface area contributed by atoms with Gasteiger partial charge < -0.3 is 9.64 Å². The highest BCUT2D eigenvalue weighted by Crippen LogP contribution is 2.36. The van der Waals surface area contributed by atoms with E-state index in [-0.39, 0.29) is 12.3 Å². The number of anilines is 2. The van der Waals surface area contributed by atoms with E-state index >= 15 is 0 Å². The molecule has 110 valence electrons. The maximum absolute atomic E-state index is 11.9. The van der Waals surface area contributed by atoms with Crippen molar-refractivity contribution in [3.05, 3.63) is 38.5 Å². The highest BCUT2D eigenvalue weighted by molar-refractivity contribution is 7.12. The summed E-state index contributed by atoms with van der Waals surface area (Å²) in [4.78, 5) is 29.0. The molecule has 0 aliphatic heterocycles. The average molecular weight is 326 g/mol. The summed E-state index contributed by atoms with van der Waals surface area (Å²) in [6.45, 7) is 2.01. The quantitative estimate of drug-likeness (QED) is 0.610. The normalized spacial score (nSPS) is 10.2. The van der Waals surface area contributed by atoms with Crippen LogP contribution in [0.5, 0.6) is 0 Å². The molecule has 21 heavy (non-hydrogen) atoms. The van der Waals surface area contributed by atoms with Gasteiger partial charge in [-0.15, -0.1) is 16.2 Å². The first-order chi connectivity index (χ1) is 10.1. The number of thiazole rings is 1. The number of hydrogen-bond donors (Lipinski definition) is 0. The molecule has 0 amide bonds. The molecule has 0 unspecified atom stereocenters. The molecule has 0 radical (unpaired) electrons. The summed E-state index contributed by atoms with van der Waals surface area (Å²) in [5.74, 6) is -0.0397. The number of halogens is 1. The number of carbonyl (C=O) groups is 1. The molecule has 2 aromatic rings. The summed E-state index contributed by atoms with van der Waals surface area (Å²) in [5, 5.41) is 3.36. The number of esters is 1. The summed E-state index contributed by atoms with van der Waals surface area (Å²) in [7, 11) is 1.69. The fourth-order valence-electron chi connectivity index (χ4n) is 1.78. The number of carbonyl (C=O) groups excluding carboxylic acids is 1. The van der Waals surface area contributed by atoms with Gasteiger partial charge in [0.15, 0.2) is 10.7 Å². The lowest BCUT2D eigenvalue weighted by Crippen LogP contribution is -2.14. The molecule has 1 aromatic carbocycles. The van der Waals surface area contributed by atoms with Crippen LogP contribution >= 0.6 is 22.9 Å². The Hall–Kier alpha value is -1.99. The number of ether oxygens (including phenoxy) is 1. The van der Waals surface area contributed by atoms with Crippen LogP contribution in [0.25, 0.3) is 0 Å². The van der Waals surface area contributed by atoms with E-state index in [1.54, 1.807) is 36.5 Å². The van der Waals surface area contributed by atoms with Crippen LogP contribution in [0.15, 0.2) is 28.9 Å². The van der Waals surface area contributed by atoms with Crippen LogP contribution < -0.4 is 4.90 Å². The lowest BCUT2D eigenvalue weighted by atomic mass is 10.2. The van der Waals surface area contributed by atoms with Crippen molar-refractivity contribution in [3.8, 4) is 0 Å². The molecule has 0 atom stereocenters. The van der Waals surface area contributed by atoms with Gasteiger partial charge in [0.1, 0.15) is 5.69 Å². The van der Waals surface area contributed by atoms with Gasteiger partial charge in [0.05, 0.1) is 17.8 Å². The molecule has 0 aliphatic carbocycles. The third-order valence-corrected chi connectivity index (χ3v) is 3.76. The van der Waals surface area contributed by atoms with E-state index in [9.17, 15) is 9.70 Å². The van der Waals surface area contributed by atoms with Crippen molar-refractivity contribution in [1.82, 2.24) is 4.98 Å². The van der Waals surface area contributed by atoms with Gasteiger partial charge in [-0.3, -0.25) is 0 Å². The number of nitrogens with zero attached hydrogens (tertiary/aromatic N) is 3. The van der Waals surface area contributed by atoms with Gasteiger partial charge in [-0.1, -0.05) is 11.6 Å². The smallest absolute Gasteiger partial charge is 0.352 e. The Labute approximate surface area is 130 Å². The van der Waals surface area contributed by atoms with Crippen LogP contribution in [-0.2, 0) is 4.74 Å². The molecule has 0 fully saturated rings. The lowest BCUT2D eigenvalue weighted by Gasteiger charge is -2.19. The van der Waals surface area contributed by atoms with Gasteiger partial charge in [-0.25, -0.2) is 9.78 Å². The van der Waals surface area contributed by atoms with Gasteiger partial charge in [-0.05, 0) is 30.3 Å². The monoisotopic (exact) mass is 325 g/mol. The highest BCUT2D eigenvalue weighted by atomic mass is 35.5. The van der Waals surface area contributed by atoms with E-state index in [1.807, 2.05) is 0 Å². The number of aromatic nitrogens is 1. The molecule has 0 spiro atoms. The maximum atomic E-state index is 11.9. The molecule has 0 aliphatic rings. The van der Waals surface area contributed by atoms with Crippen LogP contribution in [-0.4, -0.2) is 24.6 Å². The average Bonchev–Trinajstić information content (AvgIpc) is 2.96. The Balaban J connectivity index is 2.41. The minimum Gasteiger partial charge on any atom is -0.462 e. The third-order valence-electron chi connectivity index (χ3n) is 2.72. The largest absolute Gasteiger partial charge is 0.462 e. The first-order valence-electron chi connectivity index (χ1n) is 6.05. The predicted octanol–water partition coefficient (Wildman–Crippen LogP) is 4.14. The van der Waals surface area contributed by atoms with Crippen molar-refractivity contribution >= 4 is 46.1 Å². The Bertz CT molecular complexity index is 674. The molecular formula is C13H12ClN3O3S. The second-order valence-electron chi connectivity index (χ2n) is 4.01. The highest BCUT2D eigenvalue weighted by Gasteiger charge is 2.21. The Morgan fingerprint density at radius 2 is 2.29 bits per heavy atom. The van der Waals surface area contributed by atoms with E-state index in [1.165, 1.54) is 17.4 Å². The molecular weight excluding hydrogens is 314 g/mol. The molecule has 2 rings (SSSR count). The molecule has 8 heteroatoms. The summed E-state index contributed by atoms with van der Waals surface area (Å²) in [6.07, 6.45) is 0. The van der Waals surface area contributed by atoms with E-state index in [4.69, 9.17) is 16.3 Å². The first kappa shape index (κ1) is 15.4. The number of hydrogen-bond acceptors (Lipinski definition) is 7. The number of nitroso groups, excluding NO2 is 1. The van der Waals surface area contributed by atoms with Crippen LogP contribution in [0.1, 0.15) is 16.6 Å². The molecule has 0 saturated heterocycles. The Morgan fingerprint density at radius 3 is 2.95 bits per heavy atom. The van der Waals surface area contributed by atoms with Gasteiger partial charge in [-0.2, -0.15) is 0 Å². The van der Waals surface area contributed by atoms with Crippen molar-refractivity contribution < 1.29 is 9.53 Å². The van der Waals surface area contributed by atoms with Gasteiger partial charge in [0, 0.05) is 12.1 Å². The van der Waals surface area contributed by atoms with Crippen molar-refractivity contribution in [2.75, 3.05) is 18.6 Å². The minimum absolute atomic E-state index is 0.174. The summed E-state index contributed by atoms with van der Waals surface area (Å²) in [6, 6.07) is 4.74. The fraction of sp³-hybridized carbons (Fsp3) is 0.231. The zero-order valence-electron chi connectivity index (χ0n) is 11.4. The fourth-order valence-corrected chi connectivity index (χ4v) is 2.66. The van der Waals surface area contributed by atoms with Crippen LogP contribution in [0, 0.1) is 4.91 Å². The summed E-state index contributed by atoms with van der Waals surface area (Å²) in [5.41, 5.74) is 2.22.